The van der Waals surface area contributed by atoms with E-state index in [9.17, 15) is 0 Å². The Morgan fingerprint density at radius 1 is 1.28 bits per heavy atom. The standard InChI is InChI=1S/C15H21Cl2N7.HI/c1-3-18-15(22-10-12-4-5-23-24(12)2)20-7-6-19-14-13(17)8-11(16)9-21-14;/h4-5,8-9H,3,6-7,10H2,1-2H3,(H,19,21)(H2,18,20,22);1H. The van der Waals surface area contributed by atoms with Crippen LogP contribution in [0.5, 0.6) is 0 Å². The maximum atomic E-state index is 6.07. The van der Waals surface area contributed by atoms with Crippen molar-refractivity contribution in [3.05, 3.63) is 40.3 Å². The summed E-state index contributed by atoms with van der Waals surface area (Å²) in [4.78, 5) is 8.69. The summed E-state index contributed by atoms with van der Waals surface area (Å²) in [6.07, 6.45) is 3.32. The average Bonchev–Trinajstić information content (AvgIpc) is 2.96. The highest BCUT2D eigenvalue weighted by atomic mass is 127. The van der Waals surface area contributed by atoms with Crippen LogP contribution < -0.4 is 16.0 Å². The number of guanidine groups is 1. The second-order valence-corrected chi connectivity index (χ2v) is 5.82. The van der Waals surface area contributed by atoms with Gasteiger partial charge < -0.3 is 16.0 Å². The fourth-order valence-electron chi connectivity index (χ4n) is 1.96. The van der Waals surface area contributed by atoms with Gasteiger partial charge in [0.2, 0.25) is 0 Å². The van der Waals surface area contributed by atoms with Crippen LogP contribution in [0.3, 0.4) is 0 Å². The third-order valence-corrected chi connectivity index (χ3v) is 3.68. The first kappa shape index (κ1) is 21.8. The summed E-state index contributed by atoms with van der Waals surface area (Å²) in [6, 6.07) is 3.61. The highest BCUT2D eigenvalue weighted by Gasteiger charge is 2.03. The molecule has 0 radical (unpaired) electrons. The monoisotopic (exact) mass is 497 g/mol. The van der Waals surface area contributed by atoms with E-state index < -0.39 is 0 Å². The van der Waals surface area contributed by atoms with Gasteiger partial charge >= 0.3 is 0 Å². The number of nitrogens with zero attached hydrogens (tertiary/aromatic N) is 4. The van der Waals surface area contributed by atoms with Crippen LogP contribution in [-0.4, -0.2) is 40.4 Å². The Morgan fingerprint density at radius 3 is 2.72 bits per heavy atom. The number of rotatable bonds is 7. The molecular weight excluding hydrogens is 476 g/mol. The molecule has 2 aromatic rings. The molecule has 0 saturated carbocycles. The summed E-state index contributed by atoms with van der Waals surface area (Å²) >= 11 is 11.9. The van der Waals surface area contributed by atoms with Gasteiger partial charge in [0.15, 0.2) is 5.96 Å². The molecule has 3 N–H and O–H groups in total. The van der Waals surface area contributed by atoms with Gasteiger partial charge in [0.05, 0.1) is 22.3 Å². The highest BCUT2D eigenvalue weighted by molar-refractivity contribution is 14.0. The van der Waals surface area contributed by atoms with E-state index in [0.29, 0.717) is 35.5 Å². The molecule has 0 aliphatic rings. The molecule has 0 saturated heterocycles. The second kappa shape index (κ2) is 11.4. The molecule has 2 aromatic heterocycles. The van der Waals surface area contributed by atoms with Crippen molar-refractivity contribution in [1.82, 2.24) is 25.4 Å². The number of hydrogen-bond donors (Lipinski definition) is 3. The predicted molar refractivity (Wildman–Crippen MR) is 114 cm³/mol. The zero-order valence-electron chi connectivity index (χ0n) is 14.1. The van der Waals surface area contributed by atoms with Crippen molar-refractivity contribution in [1.29, 1.82) is 0 Å². The lowest BCUT2D eigenvalue weighted by Gasteiger charge is -2.12. The van der Waals surface area contributed by atoms with Crippen molar-refractivity contribution in [2.45, 2.75) is 13.5 Å². The van der Waals surface area contributed by atoms with Crippen LogP contribution in [-0.2, 0) is 13.6 Å². The van der Waals surface area contributed by atoms with Gasteiger partial charge in [-0.1, -0.05) is 23.2 Å². The van der Waals surface area contributed by atoms with E-state index in [0.717, 1.165) is 18.2 Å². The van der Waals surface area contributed by atoms with E-state index in [1.54, 1.807) is 18.5 Å². The number of aliphatic imine (C=N–C) groups is 1. The summed E-state index contributed by atoms with van der Waals surface area (Å²) < 4.78 is 1.81. The Morgan fingerprint density at radius 2 is 2.08 bits per heavy atom. The van der Waals surface area contributed by atoms with Crippen LogP contribution >= 0.6 is 47.2 Å². The first-order valence-corrected chi connectivity index (χ1v) is 8.39. The smallest absolute Gasteiger partial charge is 0.191 e. The average molecular weight is 498 g/mol. The molecule has 7 nitrogen and oxygen atoms in total. The van der Waals surface area contributed by atoms with Gasteiger partial charge in [0.1, 0.15) is 5.82 Å². The second-order valence-electron chi connectivity index (χ2n) is 4.98. The van der Waals surface area contributed by atoms with E-state index in [-0.39, 0.29) is 24.0 Å². The summed E-state index contributed by atoms with van der Waals surface area (Å²) in [6.45, 7) is 4.68. The molecule has 138 valence electrons. The summed E-state index contributed by atoms with van der Waals surface area (Å²) in [7, 11) is 1.90. The Kier molecular flexibility index (Phi) is 9.91. The summed E-state index contributed by atoms with van der Waals surface area (Å²) in [5.74, 6) is 1.36. The first-order valence-electron chi connectivity index (χ1n) is 7.64. The minimum atomic E-state index is 0. The topological polar surface area (TPSA) is 79.2 Å². The molecule has 0 aliphatic heterocycles. The van der Waals surface area contributed by atoms with Gasteiger partial charge in [-0.3, -0.25) is 4.68 Å². The fraction of sp³-hybridized carbons (Fsp3) is 0.400. The van der Waals surface area contributed by atoms with Gasteiger partial charge in [-0.05, 0) is 19.1 Å². The Balaban J connectivity index is 0.00000312. The molecule has 2 heterocycles. The van der Waals surface area contributed by atoms with Crippen molar-refractivity contribution in [2.75, 3.05) is 25.0 Å². The van der Waals surface area contributed by atoms with Crippen LogP contribution in [0.4, 0.5) is 5.82 Å². The molecule has 25 heavy (non-hydrogen) atoms. The number of halogens is 3. The van der Waals surface area contributed by atoms with Crippen molar-refractivity contribution in [2.24, 2.45) is 12.0 Å². The number of pyridine rings is 1. The van der Waals surface area contributed by atoms with E-state index in [4.69, 9.17) is 23.2 Å². The molecular formula is C15H22Cl2IN7. The van der Waals surface area contributed by atoms with Crippen LogP contribution in [0.2, 0.25) is 10.0 Å². The fourth-order valence-corrected chi connectivity index (χ4v) is 2.41. The number of aryl methyl sites for hydroxylation is 1. The predicted octanol–water partition coefficient (Wildman–Crippen LogP) is 2.91. The van der Waals surface area contributed by atoms with Crippen molar-refractivity contribution in [3.8, 4) is 0 Å². The Bertz CT molecular complexity index is 690. The molecule has 0 unspecified atom stereocenters. The molecule has 0 amide bonds. The molecule has 0 spiro atoms. The first-order chi connectivity index (χ1) is 11.6. The van der Waals surface area contributed by atoms with Crippen molar-refractivity contribution >= 4 is 59.0 Å². The largest absolute Gasteiger partial charge is 0.367 e. The molecule has 0 fully saturated rings. The third-order valence-electron chi connectivity index (χ3n) is 3.18. The minimum Gasteiger partial charge on any atom is -0.367 e. The van der Waals surface area contributed by atoms with Crippen LogP contribution in [0, 0.1) is 0 Å². The quantitative estimate of drug-likeness (QED) is 0.237. The lowest BCUT2D eigenvalue weighted by atomic mass is 10.4. The molecule has 0 bridgehead atoms. The van der Waals surface area contributed by atoms with E-state index in [2.05, 4.69) is 31.0 Å². The van der Waals surface area contributed by atoms with E-state index in [1.807, 2.05) is 24.7 Å². The Hall–Kier alpha value is -1.26. The number of aromatic nitrogens is 3. The molecule has 0 atom stereocenters. The van der Waals surface area contributed by atoms with E-state index in [1.165, 1.54) is 0 Å². The maximum Gasteiger partial charge on any atom is 0.191 e. The summed E-state index contributed by atoms with van der Waals surface area (Å²) in [5, 5.41) is 14.8. The van der Waals surface area contributed by atoms with Crippen molar-refractivity contribution < 1.29 is 0 Å². The summed E-state index contributed by atoms with van der Waals surface area (Å²) in [5.41, 5.74) is 1.04. The Labute approximate surface area is 174 Å². The zero-order chi connectivity index (χ0) is 17.4. The molecule has 10 heteroatoms. The number of anilines is 1. The lowest BCUT2D eigenvalue weighted by Crippen LogP contribution is -2.39. The molecule has 0 aromatic carbocycles. The number of hydrogen-bond acceptors (Lipinski definition) is 4. The SMILES string of the molecule is CCNC(=NCc1ccnn1C)NCCNc1ncc(Cl)cc1Cl.I. The van der Waals surface area contributed by atoms with Gasteiger partial charge in [-0.15, -0.1) is 24.0 Å². The molecule has 2 rings (SSSR count). The molecule has 0 aliphatic carbocycles. The van der Waals surface area contributed by atoms with Gasteiger partial charge in [0.25, 0.3) is 0 Å². The third kappa shape index (κ3) is 7.25. The van der Waals surface area contributed by atoms with Crippen LogP contribution in [0.15, 0.2) is 29.5 Å². The van der Waals surface area contributed by atoms with Gasteiger partial charge in [0, 0.05) is 39.1 Å². The van der Waals surface area contributed by atoms with Gasteiger partial charge in [-0.25, -0.2) is 9.98 Å². The van der Waals surface area contributed by atoms with Crippen LogP contribution in [0.1, 0.15) is 12.6 Å². The minimum absolute atomic E-state index is 0. The van der Waals surface area contributed by atoms with E-state index >= 15 is 0 Å². The zero-order valence-corrected chi connectivity index (χ0v) is 17.9. The lowest BCUT2D eigenvalue weighted by molar-refractivity contribution is 0.707. The van der Waals surface area contributed by atoms with Crippen molar-refractivity contribution in [3.63, 3.8) is 0 Å². The highest BCUT2D eigenvalue weighted by Crippen LogP contribution is 2.21. The van der Waals surface area contributed by atoms with Gasteiger partial charge in [-0.2, -0.15) is 5.10 Å². The maximum absolute atomic E-state index is 6.07. The van der Waals surface area contributed by atoms with Crippen LogP contribution in [0.25, 0.3) is 0 Å². The normalized spacial score (nSPS) is 11.0. The number of nitrogens with one attached hydrogen (secondary N) is 3.